The first kappa shape index (κ1) is 31.1. The van der Waals surface area contributed by atoms with Crippen LogP contribution in [0.25, 0.3) is 0 Å². The summed E-state index contributed by atoms with van der Waals surface area (Å²) in [7, 11) is 3.16. The first-order valence-corrected chi connectivity index (χ1v) is 12.5. The molecule has 0 aliphatic carbocycles. The van der Waals surface area contributed by atoms with Crippen molar-refractivity contribution in [3.05, 3.63) is 113 Å². The smallest absolute Gasteiger partial charge is 0.348 e. The second-order valence-corrected chi connectivity index (χ2v) is 9.02. The van der Waals surface area contributed by atoms with Gasteiger partial charge in [0, 0.05) is 40.9 Å². The molecular formula is C31H32N2NaO6. The number of rotatable bonds is 12. The Morgan fingerprint density at radius 3 is 1.88 bits per heavy atom. The summed E-state index contributed by atoms with van der Waals surface area (Å²) in [4.78, 5) is 21.6. The average Bonchev–Trinajstić information content (AvgIpc) is 2.94. The molecule has 8 nitrogen and oxygen atoms in total. The van der Waals surface area contributed by atoms with Crippen LogP contribution in [0.5, 0.6) is 17.5 Å². The maximum Gasteiger partial charge on any atom is 0.348 e. The number of ether oxygens (including phenoxy) is 4. The molecule has 3 aromatic carbocycles. The zero-order chi connectivity index (χ0) is 27.8. The summed E-state index contributed by atoms with van der Waals surface area (Å²) in [6.07, 6.45) is -1.03. The topological polar surface area (TPSA) is 100 Å². The van der Waals surface area contributed by atoms with Crippen LogP contribution in [0.1, 0.15) is 28.1 Å². The molecule has 0 aliphatic heterocycles. The third-order valence-electron chi connectivity index (χ3n) is 6.35. The number of aryl methyl sites for hydroxylation is 2. The van der Waals surface area contributed by atoms with Crippen molar-refractivity contribution < 1.29 is 28.8 Å². The van der Waals surface area contributed by atoms with Gasteiger partial charge < -0.3 is 24.1 Å². The van der Waals surface area contributed by atoms with E-state index in [2.05, 4.69) is 9.97 Å². The molecule has 4 rings (SSSR count). The van der Waals surface area contributed by atoms with E-state index < -0.39 is 17.7 Å². The van der Waals surface area contributed by atoms with Crippen molar-refractivity contribution in [2.75, 3.05) is 20.8 Å². The number of aliphatic carboxylic acids is 1. The Hall–Kier alpha value is -3.43. The fraction of sp³-hybridized carbons (Fsp3) is 0.258. The molecule has 0 unspecified atom stereocenters. The van der Waals surface area contributed by atoms with Crippen molar-refractivity contribution in [3.8, 4) is 17.5 Å². The Bertz CT molecular complexity index is 1340. The van der Waals surface area contributed by atoms with Gasteiger partial charge in [-0.25, -0.2) is 14.8 Å². The van der Waals surface area contributed by atoms with Crippen LogP contribution in [0.15, 0.2) is 84.9 Å². The predicted molar refractivity (Wildman–Crippen MR) is 152 cm³/mol. The third kappa shape index (κ3) is 7.01. The van der Waals surface area contributed by atoms with Gasteiger partial charge in [-0.15, -0.1) is 0 Å². The number of hydrogen-bond acceptors (Lipinski definition) is 7. The largest absolute Gasteiger partial charge is 0.493 e. The number of benzene rings is 3. The van der Waals surface area contributed by atoms with E-state index in [9.17, 15) is 9.90 Å². The number of carbonyl (C=O) groups is 1. The molecule has 1 atom stereocenters. The van der Waals surface area contributed by atoms with Crippen LogP contribution in [-0.2, 0) is 21.6 Å². The van der Waals surface area contributed by atoms with Crippen molar-refractivity contribution in [2.45, 2.75) is 32.0 Å². The van der Waals surface area contributed by atoms with Crippen molar-refractivity contribution in [1.29, 1.82) is 0 Å². The summed E-state index contributed by atoms with van der Waals surface area (Å²) in [6, 6.07) is 25.9. The molecule has 0 bridgehead atoms. The standard InChI is InChI=1S/C31H32N2O6.Na/c1-21-19-22(2)33-30(32-21)39-28(29(34)35)31(24-11-7-5-8-12-24,25-13-9-6-10-14-25)38-18-17-23-15-16-26(36-3)27(20-23)37-4;/h5-16,19-20,28H,17-18H2,1-4H3,(H,34,35);/t28-;/m1./s1. The van der Waals surface area contributed by atoms with Crippen LogP contribution < -0.4 is 14.2 Å². The maximum atomic E-state index is 13.0. The molecular weight excluding hydrogens is 519 g/mol. The number of methoxy groups -OCH3 is 2. The Morgan fingerprint density at radius 1 is 0.825 bits per heavy atom. The van der Waals surface area contributed by atoms with Gasteiger partial charge in [0.15, 0.2) is 17.1 Å². The van der Waals surface area contributed by atoms with Gasteiger partial charge in [-0.2, -0.15) is 0 Å². The molecule has 1 heterocycles. The number of hydrogen-bond donors (Lipinski definition) is 1. The van der Waals surface area contributed by atoms with Gasteiger partial charge >= 0.3 is 12.0 Å². The summed E-state index contributed by atoms with van der Waals surface area (Å²) >= 11 is 0. The van der Waals surface area contributed by atoms with Gasteiger partial charge in [-0.1, -0.05) is 66.7 Å². The van der Waals surface area contributed by atoms with Crippen molar-refractivity contribution in [2.24, 2.45) is 0 Å². The van der Waals surface area contributed by atoms with Crippen molar-refractivity contribution in [1.82, 2.24) is 9.97 Å². The molecule has 0 amide bonds. The van der Waals surface area contributed by atoms with Gasteiger partial charge in [0.1, 0.15) is 0 Å². The minimum absolute atomic E-state index is 0. The normalized spacial score (nSPS) is 11.7. The fourth-order valence-electron chi connectivity index (χ4n) is 4.61. The van der Waals surface area contributed by atoms with Crippen LogP contribution >= 0.6 is 0 Å². The van der Waals surface area contributed by atoms with E-state index >= 15 is 0 Å². The van der Waals surface area contributed by atoms with E-state index in [0.717, 1.165) is 5.56 Å². The quantitative estimate of drug-likeness (QED) is 0.252. The Balaban J connectivity index is 0.00000441. The summed E-state index contributed by atoms with van der Waals surface area (Å²) in [5.74, 6) is 0.0144. The Labute approximate surface area is 256 Å². The van der Waals surface area contributed by atoms with Crippen molar-refractivity contribution in [3.63, 3.8) is 0 Å². The van der Waals surface area contributed by atoms with Gasteiger partial charge in [0.25, 0.3) is 0 Å². The SMILES string of the molecule is COc1ccc(CCOC(c2ccccc2)(c2ccccc2)[C@H](Oc2nc(C)cc(C)n2)C(=O)O)cc1OC.[Na]. The van der Waals surface area contributed by atoms with Crippen LogP contribution in [0, 0.1) is 13.8 Å². The zero-order valence-electron chi connectivity index (χ0n) is 23.5. The summed E-state index contributed by atoms with van der Waals surface area (Å²) in [6.45, 7) is 3.79. The number of carboxylic acids is 1. The van der Waals surface area contributed by atoms with Gasteiger partial charge in [0.05, 0.1) is 20.8 Å². The second-order valence-electron chi connectivity index (χ2n) is 9.02. The van der Waals surface area contributed by atoms with E-state index in [-0.39, 0.29) is 42.2 Å². The molecule has 1 radical (unpaired) electrons. The van der Waals surface area contributed by atoms with Crippen LogP contribution in [0.4, 0.5) is 0 Å². The first-order valence-electron chi connectivity index (χ1n) is 12.5. The maximum absolute atomic E-state index is 13.0. The number of carboxylic acid groups (broad SMARTS) is 1. The molecule has 0 saturated carbocycles. The average molecular weight is 552 g/mol. The second kappa shape index (κ2) is 14.3. The van der Waals surface area contributed by atoms with E-state index in [1.54, 1.807) is 34.1 Å². The third-order valence-corrected chi connectivity index (χ3v) is 6.35. The predicted octanol–water partition coefficient (Wildman–Crippen LogP) is 4.76. The Kier molecular flexibility index (Phi) is 11.1. The van der Waals surface area contributed by atoms with Gasteiger partial charge in [-0.05, 0) is 55.2 Å². The van der Waals surface area contributed by atoms with E-state index in [0.29, 0.717) is 40.4 Å². The fourth-order valence-corrected chi connectivity index (χ4v) is 4.61. The van der Waals surface area contributed by atoms with Crippen LogP contribution in [0.2, 0.25) is 0 Å². The van der Waals surface area contributed by atoms with Crippen LogP contribution in [-0.4, -0.2) is 77.5 Å². The number of nitrogens with zero attached hydrogens (tertiary/aromatic N) is 2. The molecule has 9 heteroatoms. The molecule has 40 heavy (non-hydrogen) atoms. The zero-order valence-corrected chi connectivity index (χ0v) is 25.5. The molecule has 0 spiro atoms. The summed E-state index contributed by atoms with van der Waals surface area (Å²) < 4.78 is 23.5. The molecule has 203 valence electrons. The summed E-state index contributed by atoms with van der Waals surface area (Å²) in [5.41, 5.74) is 2.00. The molecule has 1 N–H and O–H groups in total. The van der Waals surface area contributed by atoms with Crippen LogP contribution in [0.3, 0.4) is 0 Å². The van der Waals surface area contributed by atoms with E-state index in [1.165, 1.54) is 0 Å². The molecule has 0 saturated heterocycles. The molecule has 0 fully saturated rings. The first-order chi connectivity index (χ1) is 18.9. The van der Waals surface area contributed by atoms with E-state index in [4.69, 9.17) is 18.9 Å². The Morgan fingerprint density at radius 2 is 1.38 bits per heavy atom. The minimum Gasteiger partial charge on any atom is -0.493 e. The molecule has 0 aliphatic rings. The summed E-state index contributed by atoms with van der Waals surface area (Å²) in [5, 5.41) is 10.6. The van der Waals surface area contributed by atoms with Gasteiger partial charge in [0.2, 0.25) is 6.10 Å². The number of aromatic nitrogens is 2. The monoisotopic (exact) mass is 551 g/mol. The van der Waals surface area contributed by atoms with Gasteiger partial charge in [-0.3, -0.25) is 0 Å². The minimum atomic E-state index is -1.52. The van der Waals surface area contributed by atoms with E-state index in [1.807, 2.05) is 78.9 Å². The molecule has 1 aromatic heterocycles. The molecule has 4 aromatic rings. The van der Waals surface area contributed by atoms with Crippen molar-refractivity contribution >= 4 is 35.5 Å².